The Kier molecular flexibility index (Phi) is 5.33. The summed E-state index contributed by atoms with van der Waals surface area (Å²) in [6.45, 7) is 2.12. The van der Waals surface area contributed by atoms with E-state index in [-0.39, 0.29) is 12.3 Å². The molecule has 0 bridgehead atoms. The van der Waals surface area contributed by atoms with Gasteiger partial charge in [-0.05, 0) is 42.8 Å². The van der Waals surface area contributed by atoms with Crippen molar-refractivity contribution in [3.05, 3.63) is 58.6 Å². The fourth-order valence-corrected chi connectivity index (χ4v) is 2.06. The van der Waals surface area contributed by atoms with Gasteiger partial charge < -0.3 is 10.6 Å². The molecule has 0 atom stereocenters. The fraction of sp³-hybridized carbons (Fsp3) is 0.188. The van der Waals surface area contributed by atoms with Gasteiger partial charge >= 0.3 is 0 Å². The lowest BCUT2D eigenvalue weighted by molar-refractivity contribution is -0.115. The molecule has 0 heterocycles. The molecule has 0 fully saturated rings. The average Bonchev–Trinajstić information content (AvgIpc) is 2.48. The maximum absolute atomic E-state index is 13.0. The van der Waals surface area contributed by atoms with E-state index in [0.29, 0.717) is 22.9 Å². The van der Waals surface area contributed by atoms with Crippen molar-refractivity contribution in [3.63, 3.8) is 0 Å². The van der Waals surface area contributed by atoms with Crippen LogP contribution in [0.5, 0.6) is 0 Å². The van der Waals surface area contributed by atoms with Crippen LogP contribution in [0.1, 0.15) is 12.0 Å². The molecule has 0 unspecified atom stereocenters. The number of rotatable bonds is 5. The lowest BCUT2D eigenvalue weighted by Crippen LogP contribution is -2.17. The highest BCUT2D eigenvalue weighted by molar-refractivity contribution is 6.31. The van der Waals surface area contributed by atoms with E-state index in [4.69, 9.17) is 11.6 Å². The minimum Gasteiger partial charge on any atom is -0.384 e. The molecule has 2 aromatic carbocycles. The number of anilines is 2. The standard InChI is InChI=1S/C16H15ClF2N2O/c1-10-12(17)3-2-4-15(10)21-16(22)7-8-20-11-5-6-13(18)14(19)9-11/h2-6,9,20H,7-8H2,1H3,(H,21,22). The zero-order valence-electron chi connectivity index (χ0n) is 11.9. The molecule has 116 valence electrons. The van der Waals surface area contributed by atoms with Gasteiger partial charge in [0.05, 0.1) is 0 Å². The largest absolute Gasteiger partial charge is 0.384 e. The van der Waals surface area contributed by atoms with Gasteiger partial charge in [-0.15, -0.1) is 0 Å². The van der Waals surface area contributed by atoms with Crippen LogP contribution in [0.3, 0.4) is 0 Å². The Morgan fingerprint density at radius 2 is 1.95 bits per heavy atom. The van der Waals surface area contributed by atoms with E-state index >= 15 is 0 Å². The smallest absolute Gasteiger partial charge is 0.226 e. The van der Waals surface area contributed by atoms with Gasteiger partial charge in [0.2, 0.25) is 5.91 Å². The van der Waals surface area contributed by atoms with Gasteiger partial charge in [-0.1, -0.05) is 17.7 Å². The summed E-state index contributed by atoms with van der Waals surface area (Å²) in [6.07, 6.45) is 0.185. The molecule has 22 heavy (non-hydrogen) atoms. The number of halogens is 3. The molecule has 2 rings (SSSR count). The van der Waals surface area contributed by atoms with Crippen LogP contribution in [-0.2, 0) is 4.79 Å². The summed E-state index contributed by atoms with van der Waals surface area (Å²) < 4.78 is 25.8. The molecule has 6 heteroatoms. The fourth-order valence-electron chi connectivity index (χ4n) is 1.88. The van der Waals surface area contributed by atoms with E-state index in [2.05, 4.69) is 10.6 Å². The molecule has 0 aliphatic carbocycles. The Balaban J connectivity index is 1.85. The summed E-state index contributed by atoms with van der Waals surface area (Å²) in [5, 5.41) is 6.20. The lowest BCUT2D eigenvalue weighted by Gasteiger charge is -2.10. The van der Waals surface area contributed by atoms with Gasteiger partial charge in [-0.25, -0.2) is 8.78 Å². The first-order valence-electron chi connectivity index (χ1n) is 6.71. The highest BCUT2D eigenvalue weighted by atomic mass is 35.5. The van der Waals surface area contributed by atoms with Crippen LogP contribution < -0.4 is 10.6 Å². The van der Waals surface area contributed by atoms with Crippen molar-refractivity contribution >= 4 is 28.9 Å². The second kappa shape index (κ2) is 7.22. The molecule has 0 saturated heterocycles. The summed E-state index contributed by atoms with van der Waals surface area (Å²) in [5.74, 6) is -2.02. The van der Waals surface area contributed by atoms with Gasteiger partial charge in [0.25, 0.3) is 0 Å². The number of carbonyl (C=O) groups excluding carboxylic acids is 1. The van der Waals surface area contributed by atoms with Gasteiger partial charge in [0, 0.05) is 29.4 Å². The maximum Gasteiger partial charge on any atom is 0.226 e. The minimum atomic E-state index is -0.927. The van der Waals surface area contributed by atoms with Crippen LogP contribution >= 0.6 is 11.6 Å². The van der Waals surface area contributed by atoms with Crippen LogP contribution in [-0.4, -0.2) is 12.5 Å². The summed E-state index contributed by atoms with van der Waals surface area (Å²) in [7, 11) is 0. The van der Waals surface area contributed by atoms with Crippen molar-refractivity contribution in [2.75, 3.05) is 17.2 Å². The molecule has 0 aromatic heterocycles. The van der Waals surface area contributed by atoms with E-state index in [1.807, 2.05) is 6.92 Å². The van der Waals surface area contributed by atoms with Gasteiger partial charge in [0.1, 0.15) is 0 Å². The first-order valence-corrected chi connectivity index (χ1v) is 7.09. The SMILES string of the molecule is Cc1c(Cl)cccc1NC(=O)CCNc1ccc(F)c(F)c1. The molecule has 3 nitrogen and oxygen atoms in total. The van der Waals surface area contributed by atoms with Crippen LogP contribution in [0.25, 0.3) is 0 Å². The van der Waals surface area contributed by atoms with Crippen molar-refractivity contribution in [2.45, 2.75) is 13.3 Å². The minimum absolute atomic E-state index is 0.185. The van der Waals surface area contributed by atoms with Crippen LogP contribution in [0.2, 0.25) is 5.02 Å². The highest BCUT2D eigenvalue weighted by Crippen LogP contribution is 2.23. The van der Waals surface area contributed by atoms with Crippen molar-refractivity contribution in [1.82, 2.24) is 0 Å². The van der Waals surface area contributed by atoms with E-state index < -0.39 is 11.6 Å². The molecule has 1 amide bonds. The molecular formula is C16H15ClF2N2O. The quantitative estimate of drug-likeness (QED) is 0.857. The lowest BCUT2D eigenvalue weighted by atomic mass is 10.2. The Labute approximate surface area is 132 Å². The monoisotopic (exact) mass is 324 g/mol. The normalized spacial score (nSPS) is 10.4. The number of nitrogens with one attached hydrogen (secondary N) is 2. The summed E-state index contributed by atoms with van der Waals surface area (Å²) in [4.78, 5) is 11.9. The van der Waals surface area contributed by atoms with Gasteiger partial charge in [-0.3, -0.25) is 4.79 Å². The molecule has 2 aromatic rings. The molecule has 0 spiro atoms. The van der Waals surface area contributed by atoms with Gasteiger partial charge in [0.15, 0.2) is 11.6 Å². The van der Waals surface area contributed by atoms with E-state index in [1.54, 1.807) is 18.2 Å². The number of benzene rings is 2. The average molecular weight is 325 g/mol. The maximum atomic E-state index is 13.0. The van der Waals surface area contributed by atoms with Gasteiger partial charge in [-0.2, -0.15) is 0 Å². The first-order chi connectivity index (χ1) is 10.5. The third kappa shape index (κ3) is 4.18. The Bertz CT molecular complexity index is 692. The van der Waals surface area contributed by atoms with Crippen molar-refractivity contribution in [1.29, 1.82) is 0 Å². The van der Waals surface area contributed by atoms with E-state index in [9.17, 15) is 13.6 Å². The second-order valence-electron chi connectivity index (χ2n) is 4.77. The molecule has 0 aliphatic rings. The van der Waals surface area contributed by atoms with Crippen molar-refractivity contribution in [3.8, 4) is 0 Å². The third-order valence-corrected chi connectivity index (χ3v) is 3.55. The molecule has 0 aliphatic heterocycles. The topological polar surface area (TPSA) is 41.1 Å². The van der Waals surface area contributed by atoms with Crippen LogP contribution in [0.15, 0.2) is 36.4 Å². The second-order valence-corrected chi connectivity index (χ2v) is 5.17. The number of hydrogen-bond acceptors (Lipinski definition) is 2. The van der Waals surface area contributed by atoms with Crippen LogP contribution in [0, 0.1) is 18.6 Å². The van der Waals surface area contributed by atoms with Crippen molar-refractivity contribution in [2.24, 2.45) is 0 Å². The predicted octanol–water partition coefficient (Wildman–Crippen LogP) is 4.37. The molecule has 0 radical (unpaired) electrons. The molecule has 2 N–H and O–H groups in total. The summed E-state index contributed by atoms with van der Waals surface area (Å²) in [5.41, 5.74) is 1.88. The molecule has 0 saturated carbocycles. The first kappa shape index (κ1) is 16.2. The Morgan fingerprint density at radius 3 is 2.68 bits per heavy atom. The number of amides is 1. The van der Waals surface area contributed by atoms with E-state index in [0.717, 1.165) is 17.7 Å². The third-order valence-electron chi connectivity index (χ3n) is 3.14. The highest BCUT2D eigenvalue weighted by Gasteiger charge is 2.07. The number of hydrogen-bond donors (Lipinski definition) is 2. The van der Waals surface area contributed by atoms with Crippen molar-refractivity contribution < 1.29 is 13.6 Å². The number of carbonyl (C=O) groups is 1. The van der Waals surface area contributed by atoms with E-state index in [1.165, 1.54) is 6.07 Å². The zero-order chi connectivity index (χ0) is 16.1. The molecular weight excluding hydrogens is 310 g/mol. The summed E-state index contributed by atoms with van der Waals surface area (Å²) >= 11 is 5.98. The zero-order valence-corrected chi connectivity index (χ0v) is 12.7. The Hall–Kier alpha value is -2.14. The predicted molar refractivity (Wildman–Crippen MR) is 84.3 cm³/mol. The summed E-state index contributed by atoms with van der Waals surface area (Å²) in [6, 6.07) is 8.77. The Morgan fingerprint density at radius 1 is 1.18 bits per heavy atom. The van der Waals surface area contributed by atoms with Crippen LogP contribution in [0.4, 0.5) is 20.2 Å².